The Morgan fingerprint density at radius 2 is 2.12 bits per heavy atom. The highest BCUT2D eigenvalue weighted by atomic mass is 19.1. The van der Waals surface area contributed by atoms with Gasteiger partial charge in [0.25, 0.3) is 0 Å². The first-order valence-electron chi connectivity index (χ1n) is 7.16. The van der Waals surface area contributed by atoms with Crippen molar-refractivity contribution in [3.8, 4) is 11.8 Å². The lowest BCUT2D eigenvalue weighted by Crippen LogP contribution is -2.07. The Morgan fingerprint density at radius 1 is 1.25 bits per heavy atom. The summed E-state index contributed by atoms with van der Waals surface area (Å²) < 4.78 is 20.1. The Labute approximate surface area is 137 Å². The Balaban J connectivity index is 1.97. The molecule has 3 rings (SSSR count). The number of benzene rings is 1. The van der Waals surface area contributed by atoms with Crippen molar-refractivity contribution in [2.24, 2.45) is 0 Å². The Kier molecular flexibility index (Phi) is 4.54. The van der Waals surface area contributed by atoms with Gasteiger partial charge in [-0.1, -0.05) is 18.1 Å². The summed E-state index contributed by atoms with van der Waals surface area (Å²) in [6, 6.07) is 11.5. The lowest BCUT2D eigenvalue weighted by Gasteiger charge is -1.99. The van der Waals surface area contributed by atoms with Crippen LogP contribution in [0.3, 0.4) is 0 Å². The predicted molar refractivity (Wildman–Crippen MR) is 84.9 cm³/mol. The quantitative estimate of drug-likeness (QED) is 0.749. The van der Waals surface area contributed by atoms with Crippen molar-refractivity contribution in [2.45, 2.75) is 6.61 Å². The smallest absolute Gasteiger partial charge is 0.329 e. The molecular formula is C18H13FN2O3. The van der Waals surface area contributed by atoms with E-state index in [4.69, 9.17) is 9.84 Å². The first kappa shape index (κ1) is 15.7. The number of hydrogen-bond acceptors (Lipinski definition) is 3. The zero-order valence-electron chi connectivity index (χ0n) is 12.6. The zero-order valence-corrected chi connectivity index (χ0v) is 12.6. The van der Waals surface area contributed by atoms with Gasteiger partial charge in [-0.25, -0.2) is 14.2 Å². The monoisotopic (exact) mass is 324 g/mol. The number of rotatable bonds is 4. The van der Waals surface area contributed by atoms with Crippen LogP contribution in [0.5, 0.6) is 0 Å². The summed E-state index contributed by atoms with van der Waals surface area (Å²) in [5.74, 6) is 4.46. The van der Waals surface area contributed by atoms with Crippen LogP contribution in [0.25, 0.3) is 5.65 Å². The van der Waals surface area contributed by atoms with Crippen molar-refractivity contribution in [1.29, 1.82) is 0 Å². The van der Waals surface area contributed by atoms with Gasteiger partial charge >= 0.3 is 5.97 Å². The molecule has 5 nitrogen and oxygen atoms in total. The molecule has 0 radical (unpaired) electrons. The summed E-state index contributed by atoms with van der Waals surface area (Å²) in [5, 5.41) is 8.66. The third-order valence-corrected chi connectivity index (χ3v) is 3.22. The first-order valence-corrected chi connectivity index (χ1v) is 7.16. The van der Waals surface area contributed by atoms with Crippen LogP contribution in [0, 0.1) is 17.7 Å². The van der Waals surface area contributed by atoms with Crippen LogP contribution in [0.2, 0.25) is 0 Å². The van der Waals surface area contributed by atoms with Crippen LogP contribution in [0.15, 0.2) is 48.7 Å². The first-order chi connectivity index (χ1) is 11.6. The van der Waals surface area contributed by atoms with E-state index in [1.54, 1.807) is 22.7 Å². The molecule has 3 aromatic rings. The molecule has 24 heavy (non-hydrogen) atoms. The molecule has 0 saturated heterocycles. The highest BCUT2D eigenvalue weighted by molar-refractivity contribution is 5.68. The molecule has 0 spiro atoms. The molecule has 0 unspecified atom stereocenters. The van der Waals surface area contributed by atoms with Gasteiger partial charge < -0.3 is 9.84 Å². The minimum Gasteiger partial charge on any atom is -0.480 e. The molecule has 0 aliphatic heterocycles. The number of carboxylic acid groups (broad SMARTS) is 1. The number of imidazole rings is 1. The van der Waals surface area contributed by atoms with Crippen LogP contribution < -0.4 is 0 Å². The van der Waals surface area contributed by atoms with Gasteiger partial charge in [-0.05, 0) is 36.3 Å². The lowest BCUT2D eigenvalue weighted by atomic mass is 10.2. The fraction of sp³-hybridized carbons (Fsp3) is 0.111. The van der Waals surface area contributed by atoms with Crippen molar-refractivity contribution in [3.63, 3.8) is 0 Å². The molecule has 2 aromatic heterocycles. The molecule has 1 N–H and O–H groups in total. The highest BCUT2D eigenvalue weighted by Gasteiger charge is 2.11. The van der Waals surface area contributed by atoms with E-state index >= 15 is 0 Å². The minimum atomic E-state index is -1.05. The van der Waals surface area contributed by atoms with Gasteiger partial charge in [0.05, 0.1) is 6.61 Å². The maximum Gasteiger partial charge on any atom is 0.329 e. The number of aliphatic carboxylic acids is 1. The van der Waals surface area contributed by atoms with E-state index in [0.717, 1.165) is 0 Å². The normalized spacial score (nSPS) is 10.4. The summed E-state index contributed by atoms with van der Waals surface area (Å²) in [6.07, 6.45) is 1.80. The number of pyridine rings is 1. The number of ether oxygens (including phenoxy) is 1. The van der Waals surface area contributed by atoms with Crippen LogP contribution in [0.1, 0.15) is 17.0 Å². The zero-order chi connectivity index (χ0) is 16.9. The molecule has 0 saturated carbocycles. The summed E-state index contributed by atoms with van der Waals surface area (Å²) in [7, 11) is 0. The molecular weight excluding hydrogens is 311 g/mol. The second kappa shape index (κ2) is 6.94. The van der Waals surface area contributed by atoms with E-state index in [1.807, 2.05) is 18.2 Å². The van der Waals surface area contributed by atoms with Crippen molar-refractivity contribution in [2.75, 3.05) is 6.61 Å². The highest BCUT2D eigenvalue weighted by Crippen LogP contribution is 2.13. The van der Waals surface area contributed by atoms with Gasteiger partial charge in [-0.3, -0.25) is 4.40 Å². The van der Waals surface area contributed by atoms with Crippen molar-refractivity contribution < 1.29 is 19.0 Å². The maximum atomic E-state index is 13.2. The van der Waals surface area contributed by atoms with Gasteiger partial charge in [-0.2, -0.15) is 0 Å². The SMILES string of the molecule is O=C(O)COCc1nc2ccccn2c1C#Cc1cccc(F)c1. The number of hydrogen-bond donors (Lipinski definition) is 1. The number of carboxylic acids is 1. The molecule has 0 aliphatic carbocycles. The van der Waals surface area contributed by atoms with Gasteiger partial charge in [0.2, 0.25) is 0 Å². The molecule has 6 heteroatoms. The summed E-state index contributed by atoms with van der Waals surface area (Å²) >= 11 is 0. The Morgan fingerprint density at radius 3 is 2.92 bits per heavy atom. The topological polar surface area (TPSA) is 63.8 Å². The fourth-order valence-corrected chi connectivity index (χ4v) is 2.21. The van der Waals surface area contributed by atoms with Crippen LogP contribution in [-0.2, 0) is 16.1 Å². The number of carbonyl (C=O) groups is 1. The van der Waals surface area contributed by atoms with Gasteiger partial charge in [0, 0.05) is 11.8 Å². The average Bonchev–Trinajstić information content (AvgIpc) is 2.90. The minimum absolute atomic E-state index is 0.0289. The molecule has 120 valence electrons. The molecule has 0 amide bonds. The van der Waals surface area contributed by atoms with E-state index in [0.29, 0.717) is 22.6 Å². The summed E-state index contributed by atoms with van der Waals surface area (Å²) in [6.45, 7) is -0.383. The number of halogens is 1. The molecule has 0 bridgehead atoms. The molecule has 0 atom stereocenters. The number of fused-ring (bicyclic) bond motifs is 1. The lowest BCUT2D eigenvalue weighted by molar-refractivity contribution is -0.142. The van der Waals surface area contributed by atoms with E-state index in [2.05, 4.69) is 16.8 Å². The summed E-state index contributed by atoms with van der Waals surface area (Å²) in [4.78, 5) is 15.0. The van der Waals surface area contributed by atoms with E-state index < -0.39 is 12.6 Å². The largest absolute Gasteiger partial charge is 0.480 e. The van der Waals surface area contributed by atoms with Gasteiger partial charge in [-0.15, -0.1) is 0 Å². The Hall–Kier alpha value is -3.17. The standard InChI is InChI=1S/C18H13FN2O3/c19-14-5-3-4-13(10-14)7-8-16-15(11-24-12-18(22)23)20-17-6-1-2-9-21(16)17/h1-6,9-10H,11-12H2,(H,22,23). The van der Waals surface area contributed by atoms with Crippen LogP contribution in [-0.4, -0.2) is 27.1 Å². The molecule has 0 aliphatic rings. The molecule has 0 fully saturated rings. The number of nitrogens with zero attached hydrogens (tertiary/aromatic N) is 2. The van der Waals surface area contributed by atoms with Crippen molar-refractivity contribution in [1.82, 2.24) is 9.38 Å². The average molecular weight is 324 g/mol. The summed E-state index contributed by atoms with van der Waals surface area (Å²) in [5.41, 5.74) is 2.33. The van der Waals surface area contributed by atoms with E-state index in [-0.39, 0.29) is 12.4 Å². The fourth-order valence-electron chi connectivity index (χ4n) is 2.21. The second-order valence-electron chi connectivity index (χ2n) is 4.98. The van der Waals surface area contributed by atoms with Crippen molar-refractivity contribution >= 4 is 11.6 Å². The predicted octanol–water partition coefficient (Wildman–Crippen LogP) is 2.47. The van der Waals surface area contributed by atoms with Gasteiger partial charge in [0.15, 0.2) is 0 Å². The third-order valence-electron chi connectivity index (χ3n) is 3.22. The van der Waals surface area contributed by atoms with Gasteiger partial charge in [0.1, 0.15) is 29.5 Å². The molecule has 2 heterocycles. The van der Waals surface area contributed by atoms with E-state index in [9.17, 15) is 9.18 Å². The third kappa shape index (κ3) is 3.59. The van der Waals surface area contributed by atoms with E-state index in [1.165, 1.54) is 12.1 Å². The van der Waals surface area contributed by atoms with Crippen LogP contribution in [0.4, 0.5) is 4.39 Å². The second-order valence-corrected chi connectivity index (χ2v) is 4.98. The number of aromatic nitrogens is 2. The maximum absolute atomic E-state index is 13.2. The Bertz CT molecular complexity index is 954. The molecule has 1 aromatic carbocycles. The van der Waals surface area contributed by atoms with Crippen molar-refractivity contribution in [3.05, 3.63) is 71.4 Å². The van der Waals surface area contributed by atoms with Crippen LogP contribution >= 0.6 is 0 Å².